The second-order valence-electron chi connectivity index (χ2n) is 3.41. The smallest absolute Gasteiger partial charge is 0.0888 e. The Hall–Kier alpha value is -1.92. The lowest BCUT2D eigenvalue weighted by molar-refractivity contribution is -0.0140. The summed E-state index contributed by atoms with van der Waals surface area (Å²) in [5.41, 5.74) is 11.4. The maximum Gasteiger partial charge on any atom is 0.0888 e. The molecule has 1 heterocycles. The molecule has 0 amide bonds. The van der Waals surface area contributed by atoms with Gasteiger partial charge in [0.2, 0.25) is 0 Å². The van der Waals surface area contributed by atoms with Crippen molar-refractivity contribution in [1.82, 2.24) is 5.17 Å². The number of hydrogen-bond acceptors (Lipinski definition) is 6. The predicted molar refractivity (Wildman–Crippen MR) is 62.7 cm³/mol. The van der Waals surface area contributed by atoms with Crippen LogP contribution in [0, 0.1) is 0 Å². The van der Waals surface area contributed by atoms with E-state index in [0.29, 0.717) is 17.9 Å². The SMILES string of the molecule is Nc1ccc(NCCO)c2c1NN(O)C=C2. The van der Waals surface area contributed by atoms with Crippen molar-refractivity contribution in [3.63, 3.8) is 0 Å². The van der Waals surface area contributed by atoms with Gasteiger partial charge in [-0.3, -0.25) is 10.6 Å². The topological polar surface area (TPSA) is 93.8 Å². The average molecular weight is 222 g/mol. The number of rotatable bonds is 3. The molecule has 6 heteroatoms. The molecule has 0 spiro atoms. The first-order chi connectivity index (χ1) is 7.72. The lowest BCUT2D eigenvalue weighted by Gasteiger charge is -2.24. The van der Waals surface area contributed by atoms with Gasteiger partial charge in [-0.05, 0) is 18.2 Å². The lowest BCUT2D eigenvalue weighted by atomic mass is 10.1. The second kappa shape index (κ2) is 4.30. The summed E-state index contributed by atoms with van der Waals surface area (Å²) in [5, 5.41) is 21.9. The summed E-state index contributed by atoms with van der Waals surface area (Å²) in [5.74, 6) is 0. The Morgan fingerprint density at radius 3 is 3.00 bits per heavy atom. The van der Waals surface area contributed by atoms with E-state index in [4.69, 9.17) is 10.8 Å². The van der Waals surface area contributed by atoms with Gasteiger partial charge in [0.1, 0.15) is 0 Å². The average Bonchev–Trinajstić information content (AvgIpc) is 2.29. The highest BCUT2D eigenvalue weighted by molar-refractivity contribution is 5.86. The minimum Gasteiger partial charge on any atom is -0.397 e. The van der Waals surface area contributed by atoms with E-state index in [-0.39, 0.29) is 6.61 Å². The van der Waals surface area contributed by atoms with Gasteiger partial charge in [0.05, 0.1) is 24.2 Å². The number of nitrogens with one attached hydrogen (secondary N) is 2. The van der Waals surface area contributed by atoms with Gasteiger partial charge in [-0.15, -0.1) is 0 Å². The van der Waals surface area contributed by atoms with Crippen molar-refractivity contribution >= 4 is 23.1 Å². The lowest BCUT2D eigenvalue weighted by Crippen LogP contribution is -2.24. The molecule has 1 aromatic rings. The number of benzene rings is 1. The molecule has 86 valence electrons. The van der Waals surface area contributed by atoms with Crippen molar-refractivity contribution in [2.45, 2.75) is 0 Å². The molecule has 0 saturated heterocycles. The van der Waals surface area contributed by atoms with E-state index in [2.05, 4.69) is 10.7 Å². The Labute approximate surface area is 92.9 Å². The summed E-state index contributed by atoms with van der Waals surface area (Å²) in [6.45, 7) is 0.523. The molecule has 0 bridgehead atoms. The van der Waals surface area contributed by atoms with Crippen LogP contribution in [0.25, 0.3) is 6.08 Å². The molecule has 0 aromatic heterocycles. The molecular weight excluding hydrogens is 208 g/mol. The van der Waals surface area contributed by atoms with Gasteiger partial charge < -0.3 is 16.2 Å². The summed E-state index contributed by atoms with van der Waals surface area (Å²) in [6.07, 6.45) is 3.22. The van der Waals surface area contributed by atoms with Gasteiger partial charge in [-0.25, -0.2) is 0 Å². The monoisotopic (exact) mass is 222 g/mol. The van der Waals surface area contributed by atoms with Crippen LogP contribution >= 0.6 is 0 Å². The molecule has 0 aliphatic carbocycles. The van der Waals surface area contributed by atoms with Crippen LogP contribution in [0.5, 0.6) is 0 Å². The normalized spacial score (nSPS) is 13.2. The van der Waals surface area contributed by atoms with E-state index in [9.17, 15) is 5.21 Å². The van der Waals surface area contributed by atoms with Crippen molar-refractivity contribution in [1.29, 1.82) is 0 Å². The number of nitrogen functional groups attached to an aromatic ring is 1. The first kappa shape index (κ1) is 10.6. The molecule has 16 heavy (non-hydrogen) atoms. The van der Waals surface area contributed by atoms with E-state index < -0.39 is 0 Å². The van der Waals surface area contributed by atoms with Gasteiger partial charge in [0, 0.05) is 17.8 Å². The fraction of sp³-hybridized carbons (Fsp3) is 0.200. The maximum atomic E-state index is 9.27. The highest BCUT2D eigenvalue weighted by Gasteiger charge is 2.14. The number of aliphatic hydroxyl groups is 1. The van der Waals surface area contributed by atoms with Crippen molar-refractivity contribution in [3.05, 3.63) is 23.9 Å². The Morgan fingerprint density at radius 1 is 1.44 bits per heavy atom. The zero-order chi connectivity index (χ0) is 11.5. The molecule has 0 radical (unpaired) electrons. The van der Waals surface area contributed by atoms with E-state index in [0.717, 1.165) is 16.4 Å². The number of nitrogens with two attached hydrogens (primary N) is 1. The Morgan fingerprint density at radius 2 is 2.25 bits per heavy atom. The van der Waals surface area contributed by atoms with E-state index in [1.165, 1.54) is 6.20 Å². The Balaban J connectivity index is 2.37. The maximum absolute atomic E-state index is 9.27. The third kappa shape index (κ3) is 1.88. The van der Waals surface area contributed by atoms with Crippen LogP contribution in [0.3, 0.4) is 0 Å². The third-order valence-electron chi connectivity index (χ3n) is 2.31. The molecule has 0 atom stereocenters. The number of hydrazine groups is 1. The molecule has 1 aliphatic heterocycles. The summed E-state index contributed by atoms with van der Waals surface area (Å²) in [4.78, 5) is 0. The zero-order valence-corrected chi connectivity index (χ0v) is 8.64. The number of aliphatic hydroxyl groups excluding tert-OH is 1. The fourth-order valence-corrected chi connectivity index (χ4v) is 1.58. The fourth-order valence-electron chi connectivity index (χ4n) is 1.58. The van der Waals surface area contributed by atoms with E-state index in [1.807, 2.05) is 6.07 Å². The van der Waals surface area contributed by atoms with E-state index in [1.54, 1.807) is 12.1 Å². The van der Waals surface area contributed by atoms with Crippen LogP contribution in [-0.4, -0.2) is 28.6 Å². The highest BCUT2D eigenvalue weighted by atomic mass is 16.5. The van der Waals surface area contributed by atoms with E-state index >= 15 is 0 Å². The van der Waals surface area contributed by atoms with Crippen LogP contribution in [0.2, 0.25) is 0 Å². The molecule has 0 fully saturated rings. The molecular formula is C10H14N4O2. The van der Waals surface area contributed by atoms with Crippen LogP contribution in [0.4, 0.5) is 17.1 Å². The van der Waals surface area contributed by atoms with Crippen molar-refractivity contribution in [2.24, 2.45) is 0 Å². The second-order valence-corrected chi connectivity index (χ2v) is 3.41. The third-order valence-corrected chi connectivity index (χ3v) is 2.31. The predicted octanol–water partition coefficient (Wildman–Crippen LogP) is 0.675. The van der Waals surface area contributed by atoms with Gasteiger partial charge in [-0.1, -0.05) is 0 Å². The molecule has 6 nitrogen and oxygen atoms in total. The molecule has 1 aliphatic rings. The molecule has 2 rings (SSSR count). The molecule has 0 unspecified atom stereocenters. The summed E-state index contributed by atoms with van der Waals surface area (Å²) >= 11 is 0. The summed E-state index contributed by atoms with van der Waals surface area (Å²) < 4.78 is 0. The summed E-state index contributed by atoms with van der Waals surface area (Å²) in [6, 6.07) is 3.57. The summed E-state index contributed by atoms with van der Waals surface area (Å²) in [7, 11) is 0. The van der Waals surface area contributed by atoms with Gasteiger partial charge in [0.15, 0.2) is 0 Å². The number of hydrogen-bond donors (Lipinski definition) is 5. The van der Waals surface area contributed by atoms with Crippen LogP contribution in [0.15, 0.2) is 18.3 Å². The van der Waals surface area contributed by atoms with Gasteiger partial charge in [-0.2, -0.15) is 5.17 Å². The van der Waals surface area contributed by atoms with Gasteiger partial charge >= 0.3 is 0 Å². The first-order valence-corrected chi connectivity index (χ1v) is 4.92. The molecule has 1 aromatic carbocycles. The number of hydroxylamine groups is 1. The first-order valence-electron chi connectivity index (χ1n) is 4.92. The molecule has 6 N–H and O–H groups in total. The van der Waals surface area contributed by atoms with Crippen LogP contribution in [0.1, 0.15) is 5.56 Å². The molecule has 0 saturated carbocycles. The number of fused-ring (bicyclic) bond motifs is 1. The minimum atomic E-state index is 0.0580. The van der Waals surface area contributed by atoms with Crippen LogP contribution in [-0.2, 0) is 0 Å². The van der Waals surface area contributed by atoms with Gasteiger partial charge in [0.25, 0.3) is 0 Å². The van der Waals surface area contributed by atoms with Crippen LogP contribution < -0.4 is 16.5 Å². The largest absolute Gasteiger partial charge is 0.397 e. The standard InChI is InChI=1S/C10H14N4O2/c11-8-1-2-9(12-4-6-15)7-3-5-14(16)13-10(7)8/h1-3,5,12-13,15-16H,4,6,11H2. The Bertz CT molecular complexity index is 420. The zero-order valence-electron chi connectivity index (χ0n) is 8.64. The number of anilines is 3. The highest BCUT2D eigenvalue weighted by Crippen LogP contribution is 2.34. The van der Waals surface area contributed by atoms with Crippen molar-refractivity contribution in [3.8, 4) is 0 Å². The Kier molecular flexibility index (Phi) is 2.84. The van der Waals surface area contributed by atoms with Crippen molar-refractivity contribution in [2.75, 3.05) is 29.6 Å². The van der Waals surface area contributed by atoms with Crippen molar-refractivity contribution < 1.29 is 10.3 Å². The quantitative estimate of drug-likeness (QED) is 0.483. The minimum absolute atomic E-state index is 0.0580. The number of nitrogens with zero attached hydrogens (tertiary/aromatic N) is 1.